The van der Waals surface area contributed by atoms with Gasteiger partial charge in [-0.1, -0.05) is 0 Å². The fourth-order valence-corrected chi connectivity index (χ4v) is 2.84. The number of halogens is 1. The lowest BCUT2D eigenvalue weighted by Gasteiger charge is -2.17. The van der Waals surface area contributed by atoms with E-state index in [2.05, 4.69) is 15.9 Å². The molecule has 88 valence electrons. The molecule has 0 aliphatic carbocycles. The Labute approximate surface area is 111 Å². The molecule has 1 aromatic carbocycles. The van der Waals surface area contributed by atoms with Gasteiger partial charge in [-0.15, -0.1) is 11.3 Å². The maximum absolute atomic E-state index is 10.7. The van der Waals surface area contributed by atoms with Crippen LogP contribution in [-0.4, -0.2) is 18.1 Å². The number of anilines is 2. The van der Waals surface area contributed by atoms with Crippen LogP contribution in [-0.2, 0) is 0 Å². The summed E-state index contributed by atoms with van der Waals surface area (Å²) in [6, 6.07) is 8.84. The van der Waals surface area contributed by atoms with E-state index in [1.807, 2.05) is 23.4 Å². The Morgan fingerprint density at radius 3 is 2.47 bits per heavy atom. The second kappa shape index (κ2) is 4.89. The van der Waals surface area contributed by atoms with Crippen LogP contribution in [0.3, 0.4) is 0 Å². The third-order valence-electron chi connectivity index (χ3n) is 2.39. The molecule has 1 N–H and O–H groups in total. The zero-order chi connectivity index (χ0) is 12.4. The fourth-order valence-electron chi connectivity index (χ4n) is 1.43. The number of thiophene rings is 1. The zero-order valence-corrected chi connectivity index (χ0v) is 11.5. The minimum Gasteiger partial charge on any atom is -0.478 e. The van der Waals surface area contributed by atoms with Crippen LogP contribution in [0.5, 0.6) is 0 Å². The number of nitrogens with zero attached hydrogens (tertiary/aromatic N) is 1. The van der Waals surface area contributed by atoms with Crippen molar-refractivity contribution in [1.82, 2.24) is 0 Å². The number of carboxylic acids is 1. The lowest BCUT2D eigenvalue weighted by molar-refractivity contribution is 0.0697. The highest BCUT2D eigenvalue weighted by atomic mass is 79.9. The molecule has 0 radical (unpaired) electrons. The van der Waals surface area contributed by atoms with Crippen LogP contribution in [0.25, 0.3) is 0 Å². The molecule has 5 heteroatoms. The van der Waals surface area contributed by atoms with E-state index in [1.165, 1.54) is 0 Å². The molecule has 0 atom stereocenters. The maximum atomic E-state index is 10.7. The Kier molecular flexibility index (Phi) is 3.49. The summed E-state index contributed by atoms with van der Waals surface area (Å²) in [5.41, 5.74) is 1.26. The highest BCUT2D eigenvalue weighted by molar-refractivity contribution is 9.10. The standard InChI is InChI=1S/C12H10BrNO2S/c1-14(11-6-9(13)7-17-11)10-4-2-8(3-5-10)12(15)16/h2-7H,1H3,(H,15,16). The van der Waals surface area contributed by atoms with Crippen LogP contribution in [0.15, 0.2) is 40.2 Å². The first kappa shape index (κ1) is 12.1. The molecule has 1 heterocycles. The Morgan fingerprint density at radius 1 is 1.35 bits per heavy atom. The minimum atomic E-state index is -0.905. The van der Waals surface area contributed by atoms with Gasteiger partial charge in [0, 0.05) is 22.6 Å². The monoisotopic (exact) mass is 311 g/mol. The predicted octanol–water partition coefficient (Wildman–Crippen LogP) is 3.98. The summed E-state index contributed by atoms with van der Waals surface area (Å²) in [6.07, 6.45) is 0. The number of aromatic carboxylic acids is 1. The smallest absolute Gasteiger partial charge is 0.335 e. The molecule has 0 aliphatic rings. The lowest BCUT2D eigenvalue weighted by Crippen LogP contribution is -2.07. The van der Waals surface area contributed by atoms with Crippen molar-refractivity contribution < 1.29 is 9.90 Å². The third-order valence-corrected chi connectivity index (χ3v) is 4.15. The van der Waals surface area contributed by atoms with Gasteiger partial charge in [-0.3, -0.25) is 0 Å². The van der Waals surface area contributed by atoms with Gasteiger partial charge in [-0.2, -0.15) is 0 Å². The molecule has 2 rings (SSSR count). The van der Waals surface area contributed by atoms with Crippen molar-refractivity contribution in [2.45, 2.75) is 0 Å². The van der Waals surface area contributed by atoms with E-state index >= 15 is 0 Å². The third kappa shape index (κ3) is 2.68. The van der Waals surface area contributed by atoms with Crippen molar-refractivity contribution in [3.8, 4) is 0 Å². The van der Waals surface area contributed by atoms with Crippen LogP contribution >= 0.6 is 27.3 Å². The van der Waals surface area contributed by atoms with Gasteiger partial charge in [0.15, 0.2) is 0 Å². The Bertz CT molecular complexity index is 536. The van der Waals surface area contributed by atoms with E-state index in [0.29, 0.717) is 5.56 Å². The van der Waals surface area contributed by atoms with Gasteiger partial charge < -0.3 is 10.0 Å². The summed E-state index contributed by atoms with van der Waals surface area (Å²) in [5.74, 6) is -0.905. The van der Waals surface area contributed by atoms with E-state index in [9.17, 15) is 4.79 Å². The topological polar surface area (TPSA) is 40.5 Å². The van der Waals surface area contributed by atoms with Gasteiger partial charge >= 0.3 is 5.97 Å². The van der Waals surface area contributed by atoms with Gasteiger partial charge in [0.2, 0.25) is 0 Å². The Balaban J connectivity index is 2.25. The van der Waals surface area contributed by atoms with Crippen LogP contribution in [0.2, 0.25) is 0 Å². The summed E-state index contributed by atoms with van der Waals surface area (Å²) in [7, 11) is 1.95. The molecule has 0 bridgehead atoms. The van der Waals surface area contributed by atoms with Crippen molar-refractivity contribution in [2.24, 2.45) is 0 Å². The quantitative estimate of drug-likeness (QED) is 0.932. The first-order chi connectivity index (χ1) is 8.08. The van der Waals surface area contributed by atoms with E-state index in [1.54, 1.807) is 35.6 Å². The molecule has 0 aliphatic heterocycles. The van der Waals surface area contributed by atoms with Crippen LogP contribution < -0.4 is 4.90 Å². The van der Waals surface area contributed by atoms with Crippen molar-refractivity contribution in [3.63, 3.8) is 0 Å². The molecule has 3 nitrogen and oxygen atoms in total. The van der Waals surface area contributed by atoms with Gasteiger partial charge in [-0.25, -0.2) is 4.79 Å². The average molecular weight is 312 g/mol. The number of hydrogen-bond acceptors (Lipinski definition) is 3. The molecule has 0 saturated carbocycles. The van der Waals surface area contributed by atoms with Gasteiger partial charge in [0.25, 0.3) is 0 Å². The van der Waals surface area contributed by atoms with Crippen molar-refractivity contribution in [2.75, 3.05) is 11.9 Å². The summed E-state index contributed by atoms with van der Waals surface area (Å²) in [5, 5.41) is 11.9. The lowest BCUT2D eigenvalue weighted by atomic mass is 10.2. The number of rotatable bonds is 3. The average Bonchev–Trinajstić information content (AvgIpc) is 2.75. The van der Waals surface area contributed by atoms with E-state index in [4.69, 9.17) is 5.11 Å². The summed E-state index contributed by atoms with van der Waals surface area (Å²) < 4.78 is 1.05. The Morgan fingerprint density at radius 2 is 2.00 bits per heavy atom. The SMILES string of the molecule is CN(c1ccc(C(=O)O)cc1)c1cc(Br)cs1. The summed E-state index contributed by atoms with van der Waals surface area (Å²) in [6.45, 7) is 0. The van der Waals surface area contributed by atoms with Gasteiger partial charge in [0.1, 0.15) is 0 Å². The van der Waals surface area contributed by atoms with Gasteiger partial charge in [-0.05, 0) is 46.3 Å². The molecular weight excluding hydrogens is 302 g/mol. The normalized spacial score (nSPS) is 10.2. The molecule has 0 amide bonds. The largest absolute Gasteiger partial charge is 0.478 e. The second-order valence-corrected chi connectivity index (χ2v) is 5.32. The molecule has 0 unspecified atom stereocenters. The molecule has 1 aromatic heterocycles. The molecular formula is C12H10BrNO2S. The minimum absolute atomic E-state index is 0.300. The first-order valence-corrected chi connectivity index (χ1v) is 6.56. The number of benzene rings is 1. The zero-order valence-electron chi connectivity index (χ0n) is 9.05. The highest BCUT2D eigenvalue weighted by Gasteiger charge is 2.08. The van der Waals surface area contributed by atoms with Crippen LogP contribution in [0, 0.1) is 0 Å². The second-order valence-electron chi connectivity index (χ2n) is 3.51. The van der Waals surface area contributed by atoms with Crippen molar-refractivity contribution in [3.05, 3.63) is 45.7 Å². The number of hydrogen-bond donors (Lipinski definition) is 1. The molecule has 0 saturated heterocycles. The maximum Gasteiger partial charge on any atom is 0.335 e. The fraction of sp³-hybridized carbons (Fsp3) is 0.0833. The molecule has 2 aromatic rings. The van der Waals surface area contributed by atoms with Crippen molar-refractivity contribution in [1.29, 1.82) is 0 Å². The summed E-state index contributed by atoms with van der Waals surface area (Å²) >= 11 is 5.04. The Hall–Kier alpha value is -1.33. The van der Waals surface area contributed by atoms with E-state index in [-0.39, 0.29) is 0 Å². The van der Waals surface area contributed by atoms with Crippen LogP contribution in [0.4, 0.5) is 10.7 Å². The van der Waals surface area contributed by atoms with E-state index in [0.717, 1.165) is 15.2 Å². The van der Waals surface area contributed by atoms with Crippen LogP contribution in [0.1, 0.15) is 10.4 Å². The van der Waals surface area contributed by atoms with Gasteiger partial charge in [0.05, 0.1) is 10.6 Å². The molecule has 17 heavy (non-hydrogen) atoms. The van der Waals surface area contributed by atoms with E-state index < -0.39 is 5.97 Å². The molecule has 0 spiro atoms. The highest BCUT2D eigenvalue weighted by Crippen LogP contribution is 2.32. The first-order valence-electron chi connectivity index (χ1n) is 4.89. The number of carboxylic acid groups (broad SMARTS) is 1. The van der Waals surface area contributed by atoms with Crippen molar-refractivity contribution >= 4 is 43.9 Å². The summed E-state index contributed by atoms with van der Waals surface area (Å²) in [4.78, 5) is 12.8. The predicted molar refractivity (Wildman–Crippen MR) is 73.5 cm³/mol. The molecule has 0 fully saturated rings. The number of carbonyl (C=O) groups is 1.